The van der Waals surface area contributed by atoms with Crippen LogP contribution in [0.3, 0.4) is 0 Å². The van der Waals surface area contributed by atoms with Crippen LogP contribution in [0.5, 0.6) is 0 Å². The van der Waals surface area contributed by atoms with E-state index in [1.165, 1.54) is 16.0 Å². The second-order valence-electron chi connectivity index (χ2n) is 6.90. The molecule has 2 aliphatic rings. The number of amides is 1. The fourth-order valence-electron chi connectivity index (χ4n) is 3.69. The van der Waals surface area contributed by atoms with Gasteiger partial charge in [-0.15, -0.1) is 11.3 Å². The van der Waals surface area contributed by atoms with Gasteiger partial charge in [-0.25, -0.2) is 13.1 Å². The van der Waals surface area contributed by atoms with Crippen LogP contribution in [0.2, 0.25) is 0 Å². The number of hydrogen-bond donors (Lipinski definition) is 1. The van der Waals surface area contributed by atoms with Crippen LogP contribution >= 0.6 is 11.3 Å². The first-order chi connectivity index (χ1) is 12.5. The van der Waals surface area contributed by atoms with E-state index >= 15 is 0 Å². The Kier molecular flexibility index (Phi) is 4.86. The van der Waals surface area contributed by atoms with Gasteiger partial charge in [0, 0.05) is 18.0 Å². The van der Waals surface area contributed by atoms with Crippen LogP contribution < -0.4 is 4.72 Å². The van der Waals surface area contributed by atoms with E-state index in [1.54, 1.807) is 28.4 Å². The predicted molar refractivity (Wildman–Crippen MR) is 102 cm³/mol. The van der Waals surface area contributed by atoms with Gasteiger partial charge in [-0.3, -0.25) is 4.79 Å². The maximum absolute atomic E-state index is 12.6. The molecule has 0 spiro atoms. The molecule has 26 heavy (non-hydrogen) atoms. The van der Waals surface area contributed by atoms with Gasteiger partial charge in [-0.1, -0.05) is 6.07 Å². The Morgan fingerprint density at radius 1 is 1.08 bits per heavy atom. The molecule has 0 saturated carbocycles. The zero-order chi connectivity index (χ0) is 18.1. The number of benzene rings is 1. The van der Waals surface area contributed by atoms with E-state index in [0.29, 0.717) is 13.1 Å². The Hall–Kier alpha value is -1.70. The number of carbonyl (C=O) groups is 1. The minimum absolute atomic E-state index is 0.177. The highest BCUT2D eigenvalue weighted by atomic mass is 32.2. The second-order valence-corrected chi connectivity index (χ2v) is 9.66. The SMILES string of the molecule is O=C(CNS(=O)(=O)c1ccc2c(c1)CCCC2)N1CCc2sccc2C1. The summed E-state index contributed by atoms with van der Waals surface area (Å²) in [6.45, 7) is 1.02. The quantitative estimate of drug-likeness (QED) is 0.872. The fraction of sp³-hybridized carbons (Fsp3) is 0.421. The molecule has 0 unspecified atom stereocenters. The number of nitrogens with one attached hydrogen (secondary N) is 1. The summed E-state index contributed by atoms with van der Waals surface area (Å²) in [6, 6.07) is 7.36. The van der Waals surface area contributed by atoms with E-state index in [2.05, 4.69) is 4.72 Å². The highest BCUT2D eigenvalue weighted by Gasteiger charge is 2.24. The second kappa shape index (κ2) is 7.13. The van der Waals surface area contributed by atoms with Gasteiger partial charge in [0.25, 0.3) is 0 Å². The van der Waals surface area contributed by atoms with Gasteiger partial charge < -0.3 is 4.90 Å². The number of hydrogen-bond acceptors (Lipinski definition) is 4. The van der Waals surface area contributed by atoms with E-state index in [9.17, 15) is 13.2 Å². The minimum Gasteiger partial charge on any atom is -0.337 e. The summed E-state index contributed by atoms with van der Waals surface area (Å²) in [5.74, 6) is -0.177. The van der Waals surface area contributed by atoms with Gasteiger partial charge in [0.05, 0.1) is 11.4 Å². The van der Waals surface area contributed by atoms with Gasteiger partial charge in [0.15, 0.2) is 0 Å². The molecule has 0 bridgehead atoms. The monoisotopic (exact) mass is 390 g/mol. The zero-order valence-electron chi connectivity index (χ0n) is 14.5. The van der Waals surface area contributed by atoms with E-state index < -0.39 is 10.0 Å². The van der Waals surface area contributed by atoms with E-state index in [-0.39, 0.29) is 17.3 Å². The minimum atomic E-state index is -3.67. The number of nitrogens with zero attached hydrogens (tertiary/aromatic N) is 1. The summed E-state index contributed by atoms with van der Waals surface area (Å²) in [5, 5.41) is 2.04. The number of sulfonamides is 1. The summed E-state index contributed by atoms with van der Waals surface area (Å²) in [6.07, 6.45) is 5.04. The summed E-state index contributed by atoms with van der Waals surface area (Å²) >= 11 is 1.72. The molecule has 0 atom stereocenters. The number of fused-ring (bicyclic) bond motifs is 2. The molecule has 1 aromatic carbocycles. The molecule has 1 amide bonds. The largest absolute Gasteiger partial charge is 0.337 e. The summed E-state index contributed by atoms with van der Waals surface area (Å²) in [4.78, 5) is 15.7. The summed E-state index contributed by atoms with van der Waals surface area (Å²) < 4.78 is 27.6. The van der Waals surface area contributed by atoms with E-state index in [0.717, 1.165) is 37.7 Å². The first kappa shape index (κ1) is 17.7. The van der Waals surface area contributed by atoms with Crippen molar-refractivity contribution in [2.75, 3.05) is 13.1 Å². The molecule has 2 aromatic rings. The van der Waals surface area contributed by atoms with Gasteiger partial charge in [-0.05, 0) is 72.4 Å². The summed E-state index contributed by atoms with van der Waals surface area (Å²) in [5.41, 5.74) is 3.53. The molecular weight excluding hydrogens is 368 g/mol. The van der Waals surface area contributed by atoms with Crippen molar-refractivity contribution in [3.05, 3.63) is 51.2 Å². The molecule has 1 N–H and O–H groups in total. The van der Waals surface area contributed by atoms with E-state index in [4.69, 9.17) is 0 Å². The molecule has 0 fully saturated rings. The topological polar surface area (TPSA) is 66.5 Å². The van der Waals surface area contributed by atoms with Crippen molar-refractivity contribution in [1.82, 2.24) is 9.62 Å². The molecule has 1 aliphatic carbocycles. The Bertz CT molecular complexity index is 934. The maximum atomic E-state index is 12.6. The van der Waals surface area contributed by atoms with Crippen LogP contribution in [-0.4, -0.2) is 32.3 Å². The number of rotatable bonds is 4. The lowest BCUT2D eigenvalue weighted by Crippen LogP contribution is -2.42. The highest BCUT2D eigenvalue weighted by molar-refractivity contribution is 7.89. The normalized spacial score (nSPS) is 16.8. The van der Waals surface area contributed by atoms with Crippen LogP contribution in [0, 0.1) is 0 Å². The third kappa shape index (κ3) is 3.56. The van der Waals surface area contributed by atoms with Crippen molar-refractivity contribution in [1.29, 1.82) is 0 Å². The first-order valence-corrected chi connectivity index (χ1v) is 11.3. The smallest absolute Gasteiger partial charge is 0.241 e. The standard InChI is InChI=1S/C19H22N2O3S2/c22-19(21-9-7-18-16(13-21)8-10-25-18)12-20-26(23,24)17-6-5-14-3-1-2-4-15(14)11-17/h5-6,8,10-11,20H,1-4,7,9,12-13H2. The first-order valence-electron chi connectivity index (χ1n) is 8.97. The zero-order valence-corrected chi connectivity index (χ0v) is 16.2. The fourth-order valence-corrected chi connectivity index (χ4v) is 5.60. The predicted octanol–water partition coefficient (Wildman–Crippen LogP) is 2.49. The van der Waals surface area contributed by atoms with E-state index in [1.807, 2.05) is 17.5 Å². The lowest BCUT2D eigenvalue weighted by atomic mass is 9.92. The molecule has 5 nitrogen and oxygen atoms in total. The van der Waals surface area contributed by atoms with Crippen LogP contribution in [0.15, 0.2) is 34.5 Å². The number of thiophene rings is 1. The van der Waals surface area contributed by atoms with Crippen molar-refractivity contribution in [3.63, 3.8) is 0 Å². The molecule has 1 aromatic heterocycles. The number of carbonyl (C=O) groups excluding carboxylic acids is 1. The Balaban J connectivity index is 1.41. The number of aryl methyl sites for hydroxylation is 2. The Labute approximate surface area is 158 Å². The Morgan fingerprint density at radius 2 is 1.88 bits per heavy atom. The van der Waals surface area contributed by atoms with Crippen molar-refractivity contribution in [2.45, 2.75) is 43.5 Å². The molecule has 4 rings (SSSR count). The van der Waals surface area contributed by atoms with Crippen molar-refractivity contribution >= 4 is 27.3 Å². The third-order valence-corrected chi connectivity index (χ3v) is 7.63. The third-order valence-electron chi connectivity index (χ3n) is 5.20. The average Bonchev–Trinajstić information content (AvgIpc) is 3.13. The van der Waals surface area contributed by atoms with Crippen LogP contribution in [-0.2, 0) is 40.6 Å². The molecule has 0 radical (unpaired) electrons. The van der Waals surface area contributed by atoms with Crippen LogP contribution in [0.1, 0.15) is 34.4 Å². The average molecular weight is 391 g/mol. The molecule has 0 saturated heterocycles. The summed E-state index contributed by atoms with van der Waals surface area (Å²) in [7, 11) is -3.67. The van der Waals surface area contributed by atoms with Crippen molar-refractivity contribution in [3.8, 4) is 0 Å². The lowest BCUT2D eigenvalue weighted by Gasteiger charge is -2.27. The highest BCUT2D eigenvalue weighted by Crippen LogP contribution is 2.25. The molecule has 7 heteroatoms. The Morgan fingerprint density at radius 3 is 2.73 bits per heavy atom. The van der Waals surface area contributed by atoms with Gasteiger partial charge in [-0.2, -0.15) is 0 Å². The maximum Gasteiger partial charge on any atom is 0.241 e. The lowest BCUT2D eigenvalue weighted by molar-refractivity contribution is -0.130. The van der Waals surface area contributed by atoms with Crippen molar-refractivity contribution < 1.29 is 13.2 Å². The molecule has 2 heterocycles. The van der Waals surface area contributed by atoms with Crippen molar-refractivity contribution in [2.24, 2.45) is 0 Å². The van der Waals surface area contributed by atoms with Crippen LogP contribution in [0.25, 0.3) is 0 Å². The van der Waals surface area contributed by atoms with Crippen LogP contribution in [0.4, 0.5) is 0 Å². The molecular formula is C19H22N2O3S2. The van der Waals surface area contributed by atoms with Gasteiger partial charge >= 0.3 is 0 Å². The van der Waals surface area contributed by atoms with Gasteiger partial charge in [0.1, 0.15) is 0 Å². The molecule has 138 valence electrons. The molecule has 1 aliphatic heterocycles. The van der Waals surface area contributed by atoms with Gasteiger partial charge in [0.2, 0.25) is 15.9 Å².